The van der Waals surface area contributed by atoms with E-state index in [1.54, 1.807) is 0 Å². The number of hydrogen-bond donors (Lipinski definition) is 0. The van der Waals surface area contributed by atoms with Gasteiger partial charge in [-0.2, -0.15) is 0 Å². The van der Waals surface area contributed by atoms with Gasteiger partial charge in [-0.25, -0.2) is 0 Å². The fourth-order valence-corrected chi connectivity index (χ4v) is 3.54. The molecule has 0 amide bonds. The van der Waals surface area contributed by atoms with E-state index in [1.807, 2.05) is 0 Å². The molecule has 0 radical (unpaired) electrons. The van der Waals surface area contributed by atoms with Crippen LogP contribution in [-0.2, 0) is 4.74 Å². The van der Waals surface area contributed by atoms with Crippen LogP contribution in [0.1, 0.15) is 106 Å². The van der Waals surface area contributed by atoms with Crippen LogP contribution in [0.5, 0.6) is 0 Å². The Balaban J connectivity index is 2.69. The lowest BCUT2D eigenvalue weighted by atomic mass is 9.74. The standard InChI is InChI=1S/C21H42O/c1-8-9-10-11-16-22-18-17-20(4,5)13-12-19(2,3)14-15-21(18,6)7/h18H,8-17H2,1-7H3. The normalized spacial score (nSPS) is 27.7. The molecule has 1 unspecified atom stereocenters. The maximum Gasteiger partial charge on any atom is 0.0631 e. The third kappa shape index (κ3) is 7.02. The fraction of sp³-hybridized carbons (Fsp3) is 1.00. The average Bonchev–Trinajstić information content (AvgIpc) is 2.44. The van der Waals surface area contributed by atoms with Crippen LogP contribution in [0.4, 0.5) is 0 Å². The zero-order valence-corrected chi connectivity index (χ0v) is 16.6. The van der Waals surface area contributed by atoms with Crippen LogP contribution in [-0.4, -0.2) is 12.7 Å². The van der Waals surface area contributed by atoms with Gasteiger partial charge in [-0.05, 0) is 54.8 Å². The van der Waals surface area contributed by atoms with Crippen molar-refractivity contribution >= 4 is 0 Å². The van der Waals surface area contributed by atoms with Crippen LogP contribution < -0.4 is 0 Å². The lowest BCUT2D eigenvalue weighted by Crippen LogP contribution is -2.36. The molecule has 0 saturated heterocycles. The molecule has 1 aliphatic rings. The summed E-state index contributed by atoms with van der Waals surface area (Å²) < 4.78 is 6.44. The molecule has 1 nitrogen and oxygen atoms in total. The molecule has 132 valence electrons. The molecule has 0 N–H and O–H groups in total. The van der Waals surface area contributed by atoms with E-state index in [9.17, 15) is 0 Å². The van der Waals surface area contributed by atoms with Crippen LogP contribution >= 0.6 is 0 Å². The van der Waals surface area contributed by atoms with Gasteiger partial charge in [0.2, 0.25) is 0 Å². The number of rotatable bonds is 6. The first-order chi connectivity index (χ1) is 10.1. The molecule has 0 aliphatic heterocycles. The van der Waals surface area contributed by atoms with E-state index in [0.717, 1.165) is 6.61 Å². The van der Waals surface area contributed by atoms with Gasteiger partial charge in [0.15, 0.2) is 0 Å². The van der Waals surface area contributed by atoms with Gasteiger partial charge in [-0.1, -0.05) is 67.7 Å². The van der Waals surface area contributed by atoms with Crippen molar-refractivity contribution in [3.63, 3.8) is 0 Å². The molecule has 22 heavy (non-hydrogen) atoms. The highest BCUT2D eigenvalue weighted by atomic mass is 16.5. The van der Waals surface area contributed by atoms with E-state index in [1.165, 1.54) is 57.8 Å². The SMILES string of the molecule is CCCCCCOC1CC(C)(C)CCC(C)(C)CCC1(C)C. The third-order valence-corrected chi connectivity index (χ3v) is 5.85. The molecule has 0 aromatic heterocycles. The van der Waals surface area contributed by atoms with Crippen molar-refractivity contribution in [1.29, 1.82) is 0 Å². The average molecular weight is 311 g/mol. The van der Waals surface area contributed by atoms with E-state index in [2.05, 4.69) is 48.5 Å². The van der Waals surface area contributed by atoms with Crippen molar-refractivity contribution in [2.45, 2.75) is 112 Å². The number of hydrogen-bond acceptors (Lipinski definition) is 1. The largest absolute Gasteiger partial charge is 0.378 e. The maximum absolute atomic E-state index is 6.44. The first-order valence-electron chi connectivity index (χ1n) is 9.70. The summed E-state index contributed by atoms with van der Waals surface area (Å²) in [5.74, 6) is 0. The zero-order chi connectivity index (χ0) is 16.9. The van der Waals surface area contributed by atoms with Gasteiger partial charge in [0, 0.05) is 6.61 Å². The van der Waals surface area contributed by atoms with Crippen molar-refractivity contribution < 1.29 is 4.74 Å². The lowest BCUT2D eigenvalue weighted by Gasteiger charge is -2.38. The van der Waals surface area contributed by atoms with Crippen molar-refractivity contribution in [3.05, 3.63) is 0 Å². The summed E-state index contributed by atoms with van der Waals surface area (Å²) in [5.41, 5.74) is 1.17. The Hall–Kier alpha value is -0.0400. The molecule has 0 spiro atoms. The van der Waals surface area contributed by atoms with Crippen molar-refractivity contribution in [3.8, 4) is 0 Å². The van der Waals surface area contributed by atoms with Crippen molar-refractivity contribution in [2.24, 2.45) is 16.2 Å². The van der Waals surface area contributed by atoms with E-state index >= 15 is 0 Å². The number of unbranched alkanes of at least 4 members (excludes halogenated alkanes) is 3. The van der Waals surface area contributed by atoms with Crippen LogP contribution in [0.15, 0.2) is 0 Å². The smallest absolute Gasteiger partial charge is 0.0631 e. The quantitative estimate of drug-likeness (QED) is 0.480. The van der Waals surface area contributed by atoms with Crippen molar-refractivity contribution in [2.75, 3.05) is 6.61 Å². The minimum Gasteiger partial charge on any atom is -0.378 e. The Morgan fingerprint density at radius 2 is 1.36 bits per heavy atom. The highest BCUT2D eigenvalue weighted by Gasteiger charge is 2.38. The Kier molecular flexibility index (Phi) is 7.43. The van der Waals surface area contributed by atoms with Gasteiger partial charge in [0.1, 0.15) is 0 Å². The summed E-state index contributed by atoms with van der Waals surface area (Å²) in [6.45, 7) is 17.9. The molecule has 0 heterocycles. The summed E-state index contributed by atoms with van der Waals surface area (Å²) in [6, 6.07) is 0. The first kappa shape index (κ1) is 20.0. The molecule has 1 aliphatic carbocycles. The first-order valence-corrected chi connectivity index (χ1v) is 9.70. The monoisotopic (exact) mass is 310 g/mol. The highest BCUT2D eigenvalue weighted by molar-refractivity contribution is 4.89. The Bertz CT molecular complexity index is 314. The summed E-state index contributed by atoms with van der Waals surface area (Å²) in [4.78, 5) is 0. The maximum atomic E-state index is 6.44. The van der Waals surface area contributed by atoms with E-state index in [4.69, 9.17) is 4.74 Å². The summed E-state index contributed by atoms with van der Waals surface area (Å²) in [5, 5.41) is 0. The van der Waals surface area contributed by atoms with E-state index in [0.29, 0.717) is 22.3 Å². The minimum absolute atomic E-state index is 0.295. The second kappa shape index (κ2) is 8.18. The fourth-order valence-electron chi connectivity index (χ4n) is 3.54. The summed E-state index contributed by atoms with van der Waals surface area (Å²) >= 11 is 0. The zero-order valence-electron chi connectivity index (χ0n) is 16.6. The second-order valence-electron chi connectivity index (χ2n) is 9.94. The van der Waals surface area contributed by atoms with Gasteiger partial charge in [-0.15, -0.1) is 0 Å². The predicted molar refractivity (Wildman–Crippen MR) is 98.3 cm³/mol. The van der Waals surface area contributed by atoms with E-state index < -0.39 is 0 Å². The summed E-state index contributed by atoms with van der Waals surface area (Å²) in [7, 11) is 0. The van der Waals surface area contributed by atoms with Gasteiger partial charge < -0.3 is 4.74 Å². The van der Waals surface area contributed by atoms with Crippen molar-refractivity contribution in [1.82, 2.24) is 0 Å². The molecular formula is C21H42O. The molecule has 1 fully saturated rings. The van der Waals surface area contributed by atoms with Gasteiger partial charge in [-0.3, -0.25) is 0 Å². The minimum atomic E-state index is 0.295. The Morgan fingerprint density at radius 3 is 2.00 bits per heavy atom. The van der Waals surface area contributed by atoms with Gasteiger partial charge in [0.25, 0.3) is 0 Å². The molecular weight excluding hydrogens is 268 g/mol. The number of ether oxygens (including phenoxy) is 1. The molecule has 1 saturated carbocycles. The van der Waals surface area contributed by atoms with Crippen LogP contribution in [0.3, 0.4) is 0 Å². The molecule has 0 aromatic rings. The Morgan fingerprint density at radius 1 is 0.773 bits per heavy atom. The second-order valence-corrected chi connectivity index (χ2v) is 9.94. The topological polar surface area (TPSA) is 9.23 Å². The molecule has 1 rings (SSSR count). The summed E-state index contributed by atoms with van der Waals surface area (Å²) in [6.07, 6.45) is 12.1. The molecule has 1 atom stereocenters. The molecule has 1 heteroatoms. The molecule has 0 aromatic carbocycles. The van der Waals surface area contributed by atoms with Crippen LogP contribution in [0.2, 0.25) is 0 Å². The lowest BCUT2D eigenvalue weighted by molar-refractivity contribution is -0.0540. The third-order valence-electron chi connectivity index (χ3n) is 5.85. The van der Waals surface area contributed by atoms with Crippen LogP contribution in [0.25, 0.3) is 0 Å². The predicted octanol–water partition coefficient (Wildman–Crippen LogP) is 6.99. The van der Waals surface area contributed by atoms with Crippen LogP contribution in [0, 0.1) is 16.2 Å². The Labute approximate surface area is 140 Å². The van der Waals surface area contributed by atoms with Gasteiger partial charge >= 0.3 is 0 Å². The van der Waals surface area contributed by atoms with E-state index in [-0.39, 0.29) is 0 Å². The highest BCUT2D eigenvalue weighted by Crippen LogP contribution is 2.45. The van der Waals surface area contributed by atoms with Gasteiger partial charge in [0.05, 0.1) is 6.10 Å². The molecule has 0 bridgehead atoms.